The number of rotatable bonds is 1. The highest BCUT2D eigenvalue weighted by Gasteiger charge is 2.05. The molecule has 0 saturated carbocycles. The molecule has 0 N–H and O–H groups in total. The predicted octanol–water partition coefficient (Wildman–Crippen LogP) is 2.70. The van der Waals surface area contributed by atoms with E-state index in [-0.39, 0.29) is 0 Å². The molecule has 64 valence electrons. The quantitative estimate of drug-likeness (QED) is 0.593. The van der Waals surface area contributed by atoms with Crippen molar-refractivity contribution in [3.8, 4) is 0 Å². The van der Waals surface area contributed by atoms with Gasteiger partial charge in [0, 0.05) is 5.56 Å². The van der Waals surface area contributed by atoms with Gasteiger partial charge in [-0.25, -0.2) is 0 Å². The summed E-state index contributed by atoms with van der Waals surface area (Å²) in [6.45, 7) is 0. The molecule has 0 amide bonds. The number of fused-ring (bicyclic) bond motifs is 1. The van der Waals surface area contributed by atoms with Crippen LogP contribution in [0.5, 0.6) is 0 Å². The summed E-state index contributed by atoms with van der Waals surface area (Å²) in [5, 5.41) is 23.2. The Morgan fingerprint density at radius 2 is 1.54 bits per heavy atom. The second kappa shape index (κ2) is 3.17. The van der Waals surface area contributed by atoms with Crippen molar-refractivity contribution in [3.63, 3.8) is 0 Å². The average Bonchev–Trinajstić information content (AvgIpc) is 2.17. The van der Waals surface area contributed by atoms with E-state index in [0.717, 1.165) is 10.8 Å². The zero-order valence-electron chi connectivity index (χ0n) is 6.94. The lowest BCUT2D eigenvalue weighted by molar-refractivity contribution is -0.140. The van der Waals surface area contributed by atoms with Gasteiger partial charge in [0.15, 0.2) is 0 Å². The van der Waals surface area contributed by atoms with Crippen molar-refractivity contribution in [3.05, 3.63) is 48.0 Å². The van der Waals surface area contributed by atoms with Crippen molar-refractivity contribution in [2.75, 3.05) is 0 Å². The van der Waals surface area contributed by atoms with Gasteiger partial charge in [-0.1, -0.05) is 36.4 Å². The highest BCUT2D eigenvalue weighted by Crippen LogP contribution is 2.19. The maximum absolute atomic E-state index is 10.6. The number of benzene rings is 2. The molecule has 0 aromatic heterocycles. The highest BCUT2D eigenvalue weighted by molar-refractivity contribution is 5.82. The minimum Gasteiger partial charge on any atom is -0.193 e. The Balaban J connectivity index is 2.62. The summed E-state index contributed by atoms with van der Waals surface area (Å²) in [6, 6.07) is 12.7. The van der Waals surface area contributed by atoms with Crippen molar-refractivity contribution in [2.45, 2.75) is 6.29 Å². The molecular weight excluding hydrogens is 164 g/mol. The van der Waals surface area contributed by atoms with Crippen LogP contribution in [0.4, 0.5) is 0 Å². The summed E-state index contributed by atoms with van der Waals surface area (Å²) in [4.78, 5) is 0. The standard InChI is InChI=1S/C11H8O2/c12-11(13)10-6-5-8-3-1-2-4-9(8)7-10/h1-7,11H. The van der Waals surface area contributed by atoms with Gasteiger partial charge in [-0.05, 0) is 16.8 Å². The van der Waals surface area contributed by atoms with Gasteiger partial charge in [-0.2, -0.15) is 10.2 Å². The molecule has 2 heteroatoms. The predicted molar refractivity (Wildman–Crippen MR) is 48.1 cm³/mol. The molecule has 0 spiro atoms. The van der Waals surface area contributed by atoms with Crippen LogP contribution in [-0.4, -0.2) is 0 Å². The topological polar surface area (TPSA) is 39.8 Å². The summed E-state index contributed by atoms with van der Waals surface area (Å²) in [6.07, 6.45) is -1.88. The molecule has 0 fully saturated rings. The van der Waals surface area contributed by atoms with Crippen molar-refractivity contribution in [1.82, 2.24) is 0 Å². The first-order valence-corrected chi connectivity index (χ1v) is 4.08. The lowest BCUT2D eigenvalue weighted by Crippen LogP contribution is -1.90. The molecule has 0 saturated heterocycles. The number of hydrogen-bond donors (Lipinski definition) is 0. The SMILES string of the molecule is [O]C([O])c1ccc2ccccc2c1. The molecule has 13 heavy (non-hydrogen) atoms. The highest BCUT2D eigenvalue weighted by atomic mass is 16.5. The van der Waals surface area contributed by atoms with Crippen LogP contribution in [0, 0.1) is 0 Å². The van der Waals surface area contributed by atoms with E-state index in [1.54, 1.807) is 18.2 Å². The van der Waals surface area contributed by atoms with Crippen molar-refractivity contribution in [2.24, 2.45) is 0 Å². The Kier molecular flexibility index (Phi) is 2.00. The second-order valence-corrected chi connectivity index (χ2v) is 2.94. The number of hydrogen-bond acceptors (Lipinski definition) is 0. The van der Waals surface area contributed by atoms with Crippen LogP contribution in [-0.2, 0) is 10.2 Å². The maximum Gasteiger partial charge on any atom is 0.249 e. The van der Waals surface area contributed by atoms with E-state index in [0.29, 0.717) is 5.56 Å². The Morgan fingerprint density at radius 1 is 0.846 bits per heavy atom. The largest absolute Gasteiger partial charge is 0.249 e. The lowest BCUT2D eigenvalue weighted by atomic mass is 10.1. The third-order valence-corrected chi connectivity index (χ3v) is 2.05. The maximum atomic E-state index is 10.6. The van der Waals surface area contributed by atoms with Gasteiger partial charge in [0.05, 0.1) is 0 Å². The fourth-order valence-electron chi connectivity index (χ4n) is 1.35. The Hall–Kier alpha value is -1.38. The summed E-state index contributed by atoms with van der Waals surface area (Å²) in [5.41, 5.74) is 0.304. The average molecular weight is 172 g/mol. The molecule has 0 unspecified atom stereocenters. The third-order valence-electron chi connectivity index (χ3n) is 2.05. The van der Waals surface area contributed by atoms with Crippen LogP contribution >= 0.6 is 0 Å². The minimum atomic E-state index is -1.88. The molecule has 2 radical (unpaired) electrons. The molecule has 2 nitrogen and oxygen atoms in total. The Labute approximate surface area is 76.1 Å². The van der Waals surface area contributed by atoms with Gasteiger partial charge in [0.25, 0.3) is 0 Å². The molecule has 2 rings (SSSR count). The van der Waals surface area contributed by atoms with Crippen LogP contribution in [0.3, 0.4) is 0 Å². The van der Waals surface area contributed by atoms with E-state index >= 15 is 0 Å². The zero-order valence-corrected chi connectivity index (χ0v) is 6.94. The third kappa shape index (κ3) is 1.54. The first-order valence-electron chi connectivity index (χ1n) is 4.08. The van der Waals surface area contributed by atoms with Gasteiger partial charge >= 0.3 is 0 Å². The van der Waals surface area contributed by atoms with Crippen LogP contribution < -0.4 is 0 Å². The van der Waals surface area contributed by atoms with Gasteiger partial charge < -0.3 is 0 Å². The lowest BCUT2D eigenvalue weighted by Gasteiger charge is -2.01. The Morgan fingerprint density at radius 3 is 2.23 bits per heavy atom. The summed E-state index contributed by atoms with van der Waals surface area (Å²) in [7, 11) is 0. The molecule has 0 bridgehead atoms. The van der Waals surface area contributed by atoms with Crippen LogP contribution in [0.15, 0.2) is 42.5 Å². The monoisotopic (exact) mass is 172 g/mol. The normalized spacial score (nSPS) is 11.0. The van der Waals surface area contributed by atoms with E-state index in [1.807, 2.05) is 24.3 Å². The van der Waals surface area contributed by atoms with Gasteiger partial charge in [-0.3, -0.25) is 0 Å². The smallest absolute Gasteiger partial charge is 0.193 e. The molecule has 0 heterocycles. The fraction of sp³-hybridized carbons (Fsp3) is 0.0909. The van der Waals surface area contributed by atoms with Crippen molar-refractivity contribution >= 4 is 10.8 Å². The molecule has 0 aliphatic rings. The van der Waals surface area contributed by atoms with Crippen LogP contribution in [0.1, 0.15) is 11.9 Å². The molecule has 0 aliphatic heterocycles. The zero-order chi connectivity index (χ0) is 9.26. The summed E-state index contributed by atoms with van der Waals surface area (Å²) in [5.74, 6) is 0. The van der Waals surface area contributed by atoms with Crippen molar-refractivity contribution < 1.29 is 10.2 Å². The van der Waals surface area contributed by atoms with Gasteiger partial charge in [-0.15, -0.1) is 0 Å². The second-order valence-electron chi connectivity index (χ2n) is 2.94. The summed E-state index contributed by atoms with van der Waals surface area (Å²) >= 11 is 0. The van der Waals surface area contributed by atoms with Crippen LogP contribution in [0.25, 0.3) is 10.8 Å². The fourth-order valence-corrected chi connectivity index (χ4v) is 1.35. The van der Waals surface area contributed by atoms with E-state index in [4.69, 9.17) is 0 Å². The molecule has 0 aliphatic carbocycles. The minimum absolute atomic E-state index is 0.304. The van der Waals surface area contributed by atoms with Crippen LogP contribution in [0.2, 0.25) is 0 Å². The van der Waals surface area contributed by atoms with E-state index in [9.17, 15) is 10.2 Å². The molecule has 2 aromatic rings. The Bertz CT molecular complexity index is 421. The summed E-state index contributed by atoms with van der Waals surface area (Å²) < 4.78 is 0. The molecular formula is C11H8O2. The molecule has 0 atom stereocenters. The van der Waals surface area contributed by atoms with E-state index < -0.39 is 6.29 Å². The van der Waals surface area contributed by atoms with Gasteiger partial charge in [0.1, 0.15) is 0 Å². The molecule has 2 aromatic carbocycles. The van der Waals surface area contributed by atoms with Gasteiger partial charge in [0.2, 0.25) is 6.29 Å². The van der Waals surface area contributed by atoms with E-state index in [1.165, 1.54) is 0 Å². The first-order chi connectivity index (χ1) is 6.27. The van der Waals surface area contributed by atoms with E-state index in [2.05, 4.69) is 0 Å². The van der Waals surface area contributed by atoms with Crippen molar-refractivity contribution in [1.29, 1.82) is 0 Å². The first kappa shape index (κ1) is 8.23.